The molecule has 0 spiro atoms. The van der Waals surface area contributed by atoms with Crippen molar-refractivity contribution in [3.05, 3.63) is 54.1 Å². The second kappa shape index (κ2) is 7.08. The van der Waals surface area contributed by atoms with Crippen molar-refractivity contribution in [1.29, 1.82) is 0 Å². The van der Waals surface area contributed by atoms with Crippen molar-refractivity contribution in [2.45, 2.75) is 12.3 Å². The minimum absolute atomic E-state index is 0.414. The molecule has 0 radical (unpaired) electrons. The third-order valence-corrected chi connectivity index (χ3v) is 3.63. The van der Waals surface area contributed by atoms with Crippen LogP contribution in [0.2, 0.25) is 0 Å². The Hall–Kier alpha value is -1.84. The standard InChI is InChI=1S/C17H23N3/c1-20-10-9-16(12-18)14-7-5-13(6-8-14)15-3-2-4-17(19)11-15/h2-8,11,16,20H,9-10,12,18-19H2,1H3. The zero-order valence-corrected chi connectivity index (χ0v) is 12.0. The van der Waals surface area contributed by atoms with Gasteiger partial charge in [-0.15, -0.1) is 0 Å². The maximum absolute atomic E-state index is 5.87. The highest BCUT2D eigenvalue weighted by atomic mass is 14.8. The molecule has 0 saturated heterocycles. The van der Waals surface area contributed by atoms with Crippen LogP contribution in [-0.2, 0) is 0 Å². The summed E-state index contributed by atoms with van der Waals surface area (Å²) in [5, 5.41) is 3.18. The van der Waals surface area contributed by atoms with Gasteiger partial charge in [-0.1, -0.05) is 36.4 Å². The minimum atomic E-state index is 0.414. The highest BCUT2D eigenvalue weighted by molar-refractivity contribution is 5.67. The van der Waals surface area contributed by atoms with E-state index in [0.29, 0.717) is 12.5 Å². The number of nitrogen functional groups attached to an aromatic ring is 1. The average Bonchev–Trinajstić information content (AvgIpc) is 2.49. The van der Waals surface area contributed by atoms with Crippen molar-refractivity contribution >= 4 is 5.69 Å². The van der Waals surface area contributed by atoms with E-state index < -0.39 is 0 Å². The average molecular weight is 269 g/mol. The van der Waals surface area contributed by atoms with E-state index in [2.05, 4.69) is 35.6 Å². The van der Waals surface area contributed by atoms with Crippen molar-refractivity contribution in [1.82, 2.24) is 5.32 Å². The lowest BCUT2D eigenvalue weighted by molar-refractivity contribution is 0.603. The van der Waals surface area contributed by atoms with Crippen LogP contribution in [-0.4, -0.2) is 20.1 Å². The molecule has 2 aromatic carbocycles. The maximum Gasteiger partial charge on any atom is 0.0320 e. The van der Waals surface area contributed by atoms with Crippen LogP contribution in [0.25, 0.3) is 11.1 Å². The van der Waals surface area contributed by atoms with Gasteiger partial charge >= 0.3 is 0 Å². The van der Waals surface area contributed by atoms with Gasteiger partial charge in [-0.2, -0.15) is 0 Å². The maximum atomic E-state index is 5.87. The van der Waals surface area contributed by atoms with Crippen LogP contribution in [0.15, 0.2) is 48.5 Å². The summed E-state index contributed by atoms with van der Waals surface area (Å²) in [5.74, 6) is 0.414. The van der Waals surface area contributed by atoms with E-state index in [-0.39, 0.29) is 0 Å². The van der Waals surface area contributed by atoms with Crippen LogP contribution in [0.1, 0.15) is 17.9 Å². The van der Waals surface area contributed by atoms with Gasteiger partial charge in [0.05, 0.1) is 0 Å². The van der Waals surface area contributed by atoms with E-state index in [1.165, 1.54) is 11.1 Å². The number of rotatable bonds is 6. The quantitative estimate of drug-likeness (QED) is 0.706. The lowest BCUT2D eigenvalue weighted by Gasteiger charge is -2.15. The van der Waals surface area contributed by atoms with Gasteiger partial charge in [0.1, 0.15) is 0 Å². The first-order valence-electron chi connectivity index (χ1n) is 7.05. The number of anilines is 1. The van der Waals surface area contributed by atoms with Crippen LogP contribution in [0.3, 0.4) is 0 Å². The van der Waals surface area contributed by atoms with Gasteiger partial charge in [-0.3, -0.25) is 0 Å². The van der Waals surface area contributed by atoms with Gasteiger partial charge in [0.2, 0.25) is 0 Å². The minimum Gasteiger partial charge on any atom is -0.399 e. The first-order valence-corrected chi connectivity index (χ1v) is 7.05. The van der Waals surface area contributed by atoms with E-state index in [4.69, 9.17) is 11.5 Å². The Balaban J connectivity index is 2.17. The number of hydrogen-bond donors (Lipinski definition) is 3. The fourth-order valence-corrected chi connectivity index (χ4v) is 2.41. The summed E-state index contributed by atoms with van der Waals surface area (Å²) in [4.78, 5) is 0. The largest absolute Gasteiger partial charge is 0.399 e. The molecule has 0 amide bonds. The lowest BCUT2D eigenvalue weighted by atomic mass is 9.93. The Morgan fingerprint density at radius 2 is 1.80 bits per heavy atom. The normalized spacial score (nSPS) is 12.3. The third-order valence-electron chi connectivity index (χ3n) is 3.63. The molecule has 20 heavy (non-hydrogen) atoms. The first-order chi connectivity index (χ1) is 9.74. The van der Waals surface area contributed by atoms with E-state index in [1.807, 2.05) is 25.2 Å². The smallest absolute Gasteiger partial charge is 0.0320 e. The Morgan fingerprint density at radius 3 is 2.40 bits per heavy atom. The van der Waals surface area contributed by atoms with Crippen molar-refractivity contribution in [3.8, 4) is 11.1 Å². The summed E-state index contributed by atoms with van der Waals surface area (Å²) in [6.07, 6.45) is 1.06. The first kappa shape index (κ1) is 14.6. The molecule has 5 N–H and O–H groups in total. The lowest BCUT2D eigenvalue weighted by Crippen LogP contribution is -2.18. The van der Waals surface area contributed by atoms with E-state index >= 15 is 0 Å². The second-order valence-electron chi connectivity index (χ2n) is 5.07. The zero-order chi connectivity index (χ0) is 14.4. The predicted octanol–water partition coefficient (Wildman–Crippen LogP) is 2.59. The molecule has 1 unspecified atom stereocenters. The Kier molecular flexibility index (Phi) is 5.16. The number of nitrogens with two attached hydrogens (primary N) is 2. The van der Waals surface area contributed by atoms with Crippen molar-refractivity contribution in [3.63, 3.8) is 0 Å². The SMILES string of the molecule is CNCCC(CN)c1ccc(-c2cccc(N)c2)cc1. The van der Waals surface area contributed by atoms with Gasteiger partial charge in [-0.25, -0.2) is 0 Å². The van der Waals surface area contributed by atoms with E-state index in [1.54, 1.807) is 0 Å². The predicted molar refractivity (Wildman–Crippen MR) is 86.6 cm³/mol. The van der Waals surface area contributed by atoms with Gasteiger partial charge in [-0.05, 0) is 61.3 Å². The highest BCUT2D eigenvalue weighted by Gasteiger charge is 2.09. The topological polar surface area (TPSA) is 64.1 Å². The summed E-state index contributed by atoms with van der Waals surface area (Å²) in [5.41, 5.74) is 16.1. The summed E-state index contributed by atoms with van der Waals surface area (Å²) in [6, 6.07) is 16.6. The Morgan fingerprint density at radius 1 is 1.05 bits per heavy atom. The highest BCUT2D eigenvalue weighted by Crippen LogP contribution is 2.25. The van der Waals surface area contributed by atoms with Crippen molar-refractivity contribution in [2.24, 2.45) is 5.73 Å². The molecule has 2 aromatic rings. The molecule has 0 aliphatic heterocycles. The number of hydrogen-bond acceptors (Lipinski definition) is 3. The van der Waals surface area contributed by atoms with Crippen molar-refractivity contribution in [2.75, 3.05) is 25.9 Å². The van der Waals surface area contributed by atoms with Gasteiger partial charge in [0.15, 0.2) is 0 Å². The summed E-state index contributed by atoms with van der Waals surface area (Å²) < 4.78 is 0. The summed E-state index contributed by atoms with van der Waals surface area (Å²) in [7, 11) is 1.97. The Labute approximate surface area is 121 Å². The molecule has 0 saturated carbocycles. The van der Waals surface area contributed by atoms with Gasteiger partial charge in [0.25, 0.3) is 0 Å². The molecule has 3 heteroatoms. The monoisotopic (exact) mass is 269 g/mol. The van der Waals surface area contributed by atoms with E-state index in [9.17, 15) is 0 Å². The molecular formula is C17H23N3. The number of nitrogens with one attached hydrogen (secondary N) is 1. The Bertz CT molecular complexity index is 534. The third kappa shape index (κ3) is 3.59. The molecule has 0 heterocycles. The van der Waals surface area contributed by atoms with Crippen LogP contribution in [0.5, 0.6) is 0 Å². The summed E-state index contributed by atoms with van der Waals surface area (Å²) in [6.45, 7) is 1.66. The molecule has 1 atom stereocenters. The fourth-order valence-electron chi connectivity index (χ4n) is 2.41. The molecule has 106 valence electrons. The molecular weight excluding hydrogens is 246 g/mol. The van der Waals surface area contributed by atoms with Gasteiger partial charge < -0.3 is 16.8 Å². The van der Waals surface area contributed by atoms with E-state index in [0.717, 1.165) is 24.2 Å². The fraction of sp³-hybridized carbons (Fsp3) is 0.294. The zero-order valence-electron chi connectivity index (χ0n) is 12.0. The van der Waals surface area contributed by atoms with Crippen LogP contribution in [0.4, 0.5) is 5.69 Å². The number of benzene rings is 2. The molecule has 3 nitrogen and oxygen atoms in total. The molecule has 2 rings (SSSR count). The molecule has 0 aromatic heterocycles. The van der Waals surface area contributed by atoms with Crippen molar-refractivity contribution < 1.29 is 0 Å². The molecule has 0 bridgehead atoms. The van der Waals surface area contributed by atoms with Crippen LogP contribution in [0, 0.1) is 0 Å². The molecule has 0 aliphatic rings. The second-order valence-corrected chi connectivity index (χ2v) is 5.07. The van der Waals surface area contributed by atoms with Crippen LogP contribution >= 0.6 is 0 Å². The molecule has 0 fully saturated rings. The van der Waals surface area contributed by atoms with Gasteiger partial charge in [0, 0.05) is 5.69 Å². The van der Waals surface area contributed by atoms with Crippen LogP contribution < -0.4 is 16.8 Å². The molecule has 0 aliphatic carbocycles. The summed E-state index contributed by atoms with van der Waals surface area (Å²) >= 11 is 0.